The fraction of sp³-hybridized carbons (Fsp3) is 0.619. The quantitative estimate of drug-likeness (QED) is 0.831. The van der Waals surface area contributed by atoms with Gasteiger partial charge < -0.3 is 14.5 Å². The lowest BCUT2D eigenvalue weighted by molar-refractivity contribution is -0.141. The number of hydrogen-bond donors (Lipinski definition) is 0. The summed E-state index contributed by atoms with van der Waals surface area (Å²) in [6.07, 6.45) is 3.18. The van der Waals surface area contributed by atoms with Crippen LogP contribution in [0, 0.1) is 18.8 Å². The molecule has 0 atom stereocenters. The standard InChI is InChI=1S/C21H30N2O3/c1-3-23(19-6-4-5-16(2)15-19)21(25)17-7-11-22(12-8-17)20(24)18-9-13-26-14-10-18/h4-6,15,17-18H,3,7-14H2,1-2H3. The molecule has 5 heteroatoms. The number of benzene rings is 1. The summed E-state index contributed by atoms with van der Waals surface area (Å²) in [6.45, 7) is 7.49. The molecule has 1 aromatic rings. The van der Waals surface area contributed by atoms with Crippen LogP contribution < -0.4 is 4.90 Å². The summed E-state index contributed by atoms with van der Waals surface area (Å²) in [5, 5.41) is 0. The number of piperidine rings is 1. The second-order valence-electron chi connectivity index (χ2n) is 7.41. The maximum atomic E-state index is 13.0. The van der Waals surface area contributed by atoms with Crippen molar-refractivity contribution in [2.45, 2.75) is 39.5 Å². The molecular formula is C21H30N2O3. The second-order valence-corrected chi connectivity index (χ2v) is 7.41. The van der Waals surface area contributed by atoms with E-state index in [0.717, 1.165) is 36.9 Å². The molecule has 142 valence electrons. The van der Waals surface area contributed by atoms with Gasteiger partial charge in [-0.3, -0.25) is 9.59 Å². The number of carbonyl (C=O) groups excluding carboxylic acids is 2. The van der Waals surface area contributed by atoms with Crippen molar-refractivity contribution < 1.29 is 14.3 Å². The van der Waals surface area contributed by atoms with Gasteiger partial charge in [-0.2, -0.15) is 0 Å². The molecule has 2 amide bonds. The molecule has 0 unspecified atom stereocenters. The summed E-state index contributed by atoms with van der Waals surface area (Å²) in [7, 11) is 0. The van der Waals surface area contributed by atoms with Crippen molar-refractivity contribution in [1.82, 2.24) is 4.90 Å². The number of likely N-dealkylation sites (tertiary alicyclic amines) is 1. The molecule has 0 spiro atoms. The van der Waals surface area contributed by atoms with Gasteiger partial charge in [0, 0.05) is 50.4 Å². The highest BCUT2D eigenvalue weighted by molar-refractivity contribution is 5.95. The highest BCUT2D eigenvalue weighted by atomic mass is 16.5. The van der Waals surface area contributed by atoms with Crippen molar-refractivity contribution in [1.29, 1.82) is 0 Å². The van der Waals surface area contributed by atoms with E-state index in [1.807, 2.05) is 41.8 Å². The third-order valence-electron chi connectivity index (χ3n) is 5.62. The minimum absolute atomic E-state index is 0.00852. The zero-order chi connectivity index (χ0) is 18.5. The Hall–Kier alpha value is -1.88. The lowest BCUT2D eigenvalue weighted by Gasteiger charge is -2.36. The summed E-state index contributed by atoms with van der Waals surface area (Å²) in [6, 6.07) is 8.10. The van der Waals surface area contributed by atoms with Crippen LogP contribution in [0.1, 0.15) is 38.2 Å². The minimum atomic E-state index is 0.00852. The van der Waals surface area contributed by atoms with E-state index in [1.165, 1.54) is 0 Å². The van der Waals surface area contributed by atoms with Gasteiger partial charge in [0.25, 0.3) is 0 Å². The van der Waals surface area contributed by atoms with Crippen molar-refractivity contribution in [2.75, 3.05) is 37.7 Å². The molecule has 26 heavy (non-hydrogen) atoms. The van der Waals surface area contributed by atoms with Crippen LogP contribution >= 0.6 is 0 Å². The number of rotatable bonds is 4. The molecular weight excluding hydrogens is 328 g/mol. The molecule has 2 fully saturated rings. The third kappa shape index (κ3) is 4.26. The number of carbonyl (C=O) groups is 2. The van der Waals surface area contributed by atoms with Crippen LogP contribution in [0.15, 0.2) is 24.3 Å². The Morgan fingerprint density at radius 2 is 1.81 bits per heavy atom. The topological polar surface area (TPSA) is 49.9 Å². The summed E-state index contributed by atoms with van der Waals surface area (Å²) in [5.74, 6) is 0.561. The molecule has 0 aromatic heterocycles. The predicted molar refractivity (Wildman–Crippen MR) is 102 cm³/mol. The lowest BCUT2D eigenvalue weighted by Crippen LogP contribution is -2.46. The van der Waals surface area contributed by atoms with Gasteiger partial charge in [0.05, 0.1) is 0 Å². The summed E-state index contributed by atoms with van der Waals surface area (Å²) in [5.41, 5.74) is 2.13. The number of ether oxygens (including phenoxy) is 1. The number of nitrogens with zero attached hydrogens (tertiary/aromatic N) is 2. The van der Waals surface area contributed by atoms with Gasteiger partial charge >= 0.3 is 0 Å². The molecule has 0 bridgehead atoms. The first-order chi connectivity index (χ1) is 12.6. The molecule has 2 aliphatic rings. The molecule has 0 N–H and O–H groups in total. The van der Waals surface area contributed by atoms with Gasteiger partial charge in [-0.1, -0.05) is 12.1 Å². The van der Waals surface area contributed by atoms with Crippen LogP contribution in [-0.2, 0) is 14.3 Å². The molecule has 0 radical (unpaired) electrons. The van der Waals surface area contributed by atoms with Crippen LogP contribution in [0.4, 0.5) is 5.69 Å². The highest BCUT2D eigenvalue weighted by Crippen LogP contribution is 2.26. The smallest absolute Gasteiger partial charge is 0.230 e. The van der Waals surface area contributed by atoms with Gasteiger partial charge in [-0.05, 0) is 57.2 Å². The van der Waals surface area contributed by atoms with Crippen LogP contribution in [0.25, 0.3) is 0 Å². The van der Waals surface area contributed by atoms with E-state index in [-0.39, 0.29) is 23.7 Å². The maximum absolute atomic E-state index is 13.0. The fourth-order valence-corrected chi connectivity index (χ4v) is 4.03. The van der Waals surface area contributed by atoms with Gasteiger partial charge in [0.15, 0.2) is 0 Å². The molecule has 5 nitrogen and oxygen atoms in total. The Bertz CT molecular complexity index is 632. The van der Waals surface area contributed by atoms with Gasteiger partial charge in [0.1, 0.15) is 0 Å². The zero-order valence-electron chi connectivity index (χ0n) is 15.9. The SMILES string of the molecule is CCN(C(=O)C1CCN(C(=O)C2CCOCC2)CC1)c1cccc(C)c1. The summed E-state index contributed by atoms with van der Waals surface area (Å²) >= 11 is 0. The van der Waals surface area contributed by atoms with Crippen LogP contribution in [0.3, 0.4) is 0 Å². The van der Waals surface area contributed by atoms with Gasteiger partial charge in [-0.25, -0.2) is 0 Å². The number of amides is 2. The first kappa shape index (κ1) is 18.9. The lowest BCUT2D eigenvalue weighted by atomic mass is 9.92. The van der Waals surface area contributed by atoms with E-state index in [9.17, 15) is 9.59 Å². The third-order valence-corrected chi connectivity index (χ3v) is 5.62. The maximum Gasteiger partial charge on any atom is 0.230 e. The summed E-state index contributed by atoms with van der Waals surface area (Å²) in [4.78, 5) is 29.5. The van der Waals surface area contributed by atoms with E-state index in [1.54, 1.807) is 0 Å². The first-order valence-electron chi connectivity index (χ1n) is 9.84. The van der Waals surface area contributed by atoms with E-state index in [0.29, 0.717) is 32.8 Å². The van der Waals surface area contributed by atoms with E-state index in [4.69, 9.17) is 4.74 Å². The molecule has 2 saturated heterocycles. The van der Waals surface area contributed by atoms with Crippen molar-refractivity contribution >= 4 is 17.5 Å². The average Bonchev–Trinajstić information content (AvgIpc) is 2.69. The van der Waals surface area contributed by atoms with Crippen LogP contribution in [0.2, 0.25) is 0 Å². The largest absolute Gasteiger partial charge is 0.381 e. The minimum Gasteiger partial charge on any atom is -0.381 e. The first-order valence-corrected chi connectivity index (χ1v) is 9.84. The van der Waals surface area contributed by atoms with Crippen LogP contribution in [0.5, 0.6) is 0 Å². The van der Waals surface area contributed by atoms with E-state index < -0.39 is 0 Å². The number of aryl methyl sites for hydroxylation is 1. The number of hydrogen-bond acceptors (Lipinski definition) is 3. The molecule has 1 aromatic carbocycles. The fourth-order valence-electron chi connectivity index (χ4n) is 4.03. The molecule has 0 saturated carbocycles. The summed E-state index contributed by atoms with van der Waals surface area (Å²) < 4.78 is 5.35. The van der Waals surface area contributed by atoms with Crippen molar-refractivity contribution in [3.05, 3.63) is 29.8 Å². The van der Waals surface area contributed by atoms with E-state index >= 15 is 0 Å². The van der Waals surface area contributed by atoms with Crippen molar-refractivity contribution in [2.24, 2.45) is 11.8 Å². The highest BCUT2D eigenvalue weighted by Gasteiger charge is 2.33. The molecule has 0 aliphatic carbocycles. The molecule has 2 aliphatic heterocycles. The normalized spacial score (nSPS) is 19.4. The molecule has 3 rings (SSSR count). The van der Waals surface area contributed by atoms with Crippen molar-refractivity contribution in [3.8, 4) is 0 Å². The predicted octanol–water partition coefficient (Wildman–Crippen LogP) is 3.01. The number of anilines is 1. The van der Waals surface area contributed by atoms with Gasteiger partial charge in [0.2, 0.25) is 11.8 Å². The molecule has 2 heterocycles. The Balaban J connectivity index is 1.58. The van der Waals surface area contributed by atoms with Gasteiger partial charge in [-0.15, -0.1) is 0 Å². The van der Waals surface area contributed by atoms with E-state index in [2.05, 4.69) is 6.07 Å². The monoisotopic (exact) mass is 358 g/mol. The Morgan fingerprint density at radius 3 is 2.42 bits per heavy atom. The zero-order valence-corrected chi connectivity index (χ0v) is 15.9. The van der Waals surface area contributed by atoms with Crippen LogP contribution in [-0.4, -0.2) is 49.6 Å². The second kappa shape index (κ2) is 8.67. The Labute approximate surface area is 156 Å². The Morgan fingerprint density at radius 1 is 1.12 bits per heavy atom. The van der Waals surface area contributed by atoms with Crippen molar-refractivity contribution in [3.63, 3.8) is 0 Å². The Kier molecular flexibility index (Phi) is 6.30. The average molecular weight is 358 g/mol.